The molecule has 32 heavy (non-hydrogen) atoms. The molecule has 1 fully saturated rings. The van der Waals surface area contributed by atoms with Gasteiger partial charge in [-0.05, 0) is 44.0 Å². The molecule has 1 aliphatic rings. The Labute approximate surface area is 185 Å². The van der Waals surface area contributed by atoms with E-state index in [1.54, 1.807) is 42.2 Å². The molecule has 2 amide bonds. The number of aryl methyl sites for hydroxylation is 2. The number of likely N-dealkylation sites (tertiary alicyclic amines) is 1. The fourth-order valence-electron chi connectivity index (χ4n) is 3.70. The van der Waals surface area contributed by atoms with Crippen LogP contribution in [0.2, 0.25) is 0 Å². The Bertz CT molecular complexity index is 1110. The van der Waals surface area contributed by atoms with Crippen LogP contribution in [-0.4, -0.2) is 44.9 Å². The van der Waals surface area contributed by atoms with Crippen molar-refractivity contribution in [3.63, 3.8) is 0 Å². The number of carbonyl (C=O) groups is 2. The van der Waals surface area contributed by atoms with Crippen LogP contribution in [0.1, 0.15) is 40.6 Å². The second kappa shape index (κ2) is 9.59. The van der Waals surface area contributed by atoms with E-state index in [-0.39, 0.29) is 24.3 Å². The van der Waals surface area contributed by atoms with E-state index in [4.69, 9.17) is 9.26 Å². The van der Waals surface area contributed by atoms with Crippen molar-refractivity contribution in [2.24, 2.45) is 5.92 Å². The van der Waals surface area contributed by atoms with Crippen molar-refractivity contribution in [2.45, 2.75) is 33.3 Å². The molecule has 0 spiro atoms. The Morgan fingerprint density at radius 2 is 2.00 bits per heavy atom. The highest BCUT2D eigenvalue weighted by Gasteiger charge is 2.30. The fourth-order valence-corrected chi connectivity index (χ4v) is 3.70. The number of piperidine rings is 1. The zero-order valence-corrected chi connectivity index (χ0v) is 18.1. The van der Waals surface area contributed by atoms with Gasteiger partial charge in [-0.15, -0.1) is 0 Å². The number of pyridine rings is 1. The SMILES string of the molecule is Cc1cccc(NC(=O)C2CCCN(C(=O)c3ccccc3OCc3noc(C)n3)C2)n1. The van der Waals surface area contributed by atoms with Crippen LogP contribution in [0, 0.1) is 19.8 Å². The third kappa shape index (κ3) is 5.11. The summed E-state index contributed by atoms with van der Waals surface area (Å²) >= 11 is 0. The van der Waals surface area contributed by atoms with Gasteiger partial charge in [0, 0.05) is 25.7 Å². The molecule has 9 nitrogen and oxygen atoms in total. The quantitative estimate of drug-likeness (QED) is 0.633. The van der Waals surface area contributed by atoms with Gasteiger partial charge in [0.05, 0.1) is 11.5 Å². The van der Waals surface area contributed by atoms with Gasteiger partial charge in [-0.25, -0.2) is 4.98 Å². The van der Waals surface area contributed by atoms with E-state index in [9.17, 15) is 9.59 Å². The van der Waals surface area contributed by atoms with E-state index in [1.165, 1.54) is 0 Å². The number of nitrogens with zero attached hydrogens (tertiary/aromatic N) is 4. The summed E-state index contributed by atoms with van der Waals surface area (Å²) in [7, 11) is 0. The number of rotatable bonds is 6. The Morgan fingerprint density at radius 1 is 1.16 bits per heavy atom. The maximum Gasteiger partial charge on any atom is 0.257 e. The predicted octanol–water partition coefficient (Wildman–Crippen LogP) is 3.15. The van der Waals surface area contributed by atoms with E-state index < -0.39 is 0 Å². The minimum Gasteiger partial charge on any atom is -0.485 e. The summed E-state index contributed by atoms with van der Waals surface area (Å²) in [5, 5.41) is 6.68. The number of para-hydroxylation sites is 1. The Hall–Kier alpha value is -3.75. The lowest BCUT2D eigenvalue weighted by molar-refractivity contribution is -0.121. The van der Waals surface area contributed by atoms with E-state index in [2.05, 4.69) is 20.4 Å². The lowest BCUT2D eigenvalue weighted by Gasteiger charge is -2.32. The maximum absolute atomic E-state index is 13.3. The molecule has 9 heteroatoms. The van der Waals surface area contributed by atoms with Gasteiger partial charge < -0.3 is 19.5 Å². The number of amides is 2. The molecule has 4 rings (SSSR count). The van der Waals surface area contributed by atoms with Crippen molar-refractivity contribution >= 4 is 17.6 Å². The third-order valence-corrected chi connectivity index (χ3v) is 5.26. The monoisotopic (exact) mass is 435 g/mol. The van der Waals surface area contributed by atoms with Gasteiger partial charge >= 0.3 is 0 Å². The molecule has 1 atom stereocenters. The smallest absolute Gasteiger partial charge is 0.257 e. The minimum atomic E-state index is -0.301. The zero-order valence-electron chi connectivity index (χ0n) is 18.1. The third-order valence-electron chi connectivity index (χ3n) is 5.26. The molecule has 1 aromatic carbocycles. The second-order valence-electron chi connectivity index (χ2n) is 7.76. The number of ether oxygens (including phenoxy) is 1. The van der Waals surface area contributed by atoms with Gasteiger partial charge in [-0.2, -0.15) is 4.98 Å². The predicted molar refractivity (Wildman–Crippen MR) is 116 cm³/mol. The molecule has 1 N–H and O–H groups in total. The summed E-state index contributed by atoms with van der Waals surface area (Å²) in [5.41, 5.74) is 1.27. The number of aromatic nitrogens is 3. The van der Waals surface area contributed by atoms with Gasteiger partial charge in [-0.1, -0.05) is 23.4 Å². The van der Waals surface area contributed by atoms with Crippen molar-refractivity contribution in [3.8, 4) is 5.75 Å². The number of carbonyl (C=O) groups excluding carboxylic acids is 2. The summed E-state index contributed by atoms with van der Waals surface area (Å²) in [4.78, 5) is 36.2. The summed E-state index contributed by atoms with van der Waals surface area (Å²) in [6.45, 7) is 4.59. The zero-order chi connectivity index (χ0) is 22.5. The van der Waals surface area contributed by atoms with Crippen LogP contribution in [0.5, 0.6) is 5.75 Å². The van der Waals surface area contributed by atoms with Crippen LogP contribution in [0.3, 0.4) is 0 Å². The molecular weight excluding hydrogens is 410 g/mol. The molecule has 1 unspecified atom stereocenters. The highest BCUT2D eigenvalue weighted by molar-refractivity contribution is 5.98. The molecule has 0 saturated carbocycles. The molecule has 0 radical (unpaired) electrons. The van der Waals surface area contributed by atoms with Gasteiger partial charge in [0.1, 0.15) is 11.6 Å². The maximum atomic E-state index is 13.3. The largest absolute Gasteiger partial charge is 0.485 e. The first-order chi connectivity index (χ1) is 15.5. The van der Waals surface area contributed by atoms with Crippen LogP contribution in [-0.2, 0) is 11.4 Å². The van der Waals surface area contributed by atoms with Crippen molar-refractivity contribution in [1.29, 1.82) is 0 Å². The summed E-state index contributed by atoms with van der Waals surface area (Å²) in [5.74, 6) is 1.22. The topological polar surface area (TPSA) is 110 Å². The summed E-state index contributed by atoms with van der Waals surface area (Å²) in [6.07, 6.45) is 1.47. The number of anilines is 1. The highest BCUT2D eigenvalue weighted by Crippen LogP contribution is 2.25. The first kappa shape index (κ1) is 21.5. The van der Waals surface area contributed by atoms with Crippen LogP contribution >= 0.6 is 0 Å². The first-order valence-corrected chi connectivity index (χ1v) is 10.5. The standard InChI is InChI=1S/C23H25N5O4/c1-15-7-5-11-20(24-15)26-22(29)17-8-6-12-28(13-17)23(30)18-9-3-4-10-19(18)31-14-21-25-16(2)32-27-21/h3-5,7,9-11,17H,6,8,12-14H2,1-2H3,(H,24,26,29). The van der Waals surface area contributed by atoms with Gasteiger partial charge in [0.25, 0.3) is 5.91 Å². The van der Waals surface area contributed by atoms with Crippen LogP contribution < -0.4 is 10.1 Å². The second-order valence-corrected chi connectivity index (χ2v) is 7.76. The number of nitrogens with one attached hydrogen (secondary N) is 1. The normalized spacial score (nSPS) is 15.9. The Morgan fingerprint density at radius 3 is 2.78 bits per heavy atom. The molecule has 1 aliphatic heterocycles. The summed E-state index contributed by atoms with van der Waals surface area (Å²) < 4.78 is 10.7. The van der Waals surface area contributed by atoms with Crippen LogP contribution in [0.25, 0.3) is 0 Å². The molecule has 0 aliphatic carbocycles. The molecule has 3 aromatic rings. The van der Waals surface area contributed by atoms with Crippen molar-refractivity contribution in [2.75, 3.05) is 18.4 Å². The lowest BCUT2D eigenvalue weighted by atomic mass is 9.96. The molecule has 0 bridgehead atoms. The average molecular weight is 435 g/mol. The first-order valence-electron chi connectivity index (χ1n) is 10.5. The van der Waals surface area contributed by atoms with Gasteiger partial charge in [0.15, 0.2) is 6.61 Å². The molecular formula is C23H25N5O4. The van der Waals surface area contributed by atoms with E-state index in [0.717, 1.165) is 18.5 Å². The summed E-state index contributed by atoms with van der Waals surface area (Å²) in [6, 6.07) is 12.5. The average Bonchev–Trinajstić information content (AvgIpc) is 3.22. The molecule has 1 saturated heterocycles. The van der Waals surface area contributed by atoms with E-state index >= 15 is 0 Å². The number of benzene rings is 1. The van der Waals surface area contributed by atoms with Crippen LogP contribution in [0.15, 0.2) is 47.0 Å². The number of hydrogen-bond acceptors (Lipinski definition) is 7. The van der Waals surface area contributed by atoms with Gasteiger partial charge in [0.2, 0.25) is 17.6 Å². The van der Waals surface area contributed by atoms with Crippen molar-refractivity contribution in [3.05, 3.63) is 65.4 Å². The Kier molecular flexibility index (Phi) is 6.44. The van der Waals surface area contributed by atoms with E-state index in [0.29, 0.717) is 41.9 Å². The van der Waals surface area contributed by atoms with Crippen molar-refractivity contribution < 1.29 is 18.8 Å². The van der Waals surface area contributed by atoms with Gasteiger partial charge in [-0.3, -0.25) is 9.59 Å². The number of hydrogen-bond donors (Lipinski definition) is 1. The van der Waals surface area contributed by atoms with Crippen LogP contribution in [0.4, 0.5) is 5.82 Å². The molecule has 3 heterocycles. The molecule has 166 valence electrons. The van der Waals surface area contributed by atoms with E-state index in [1.807, 2.05) is 19.1 Å². The van der Waals surface area contributed by atoms with Crippen molar-refractivity contribution in [1.82, 2.24) is 20.0 Å². The highest BCUT2D eigenvalue weighted by atomic mass is 16.5. The Balaban J connectivity index is 1.42. The molecule has 2 aromatic heterocycles. The fraction of sp³-hybridized carbons (Fsp3) is 0.348. The minimum absolute atomic E-state index is 0.0934. The lowest BCUT2D eigenvalue weighted by Crippen LogP contribution is -2.44.